The fraction of sp³-hybridized carbons (Fsp3) is 0.217. The Kier molecular flexibility index (Phi) is 6.05. The second-order valence-corrected chi connectivity index (χ2v) is 7.58. The molecule has 2 heterocycles. The van der Waals surface area contributed by atoms with E-state index in [2.05, 4.69) is 10.6 Å². The molecule has 0 saturated carbocycles. The van der Waals surface area contributed by atoms with Gasteiger partial charge >= 0.3 is 0 Å². The van der Waals surface area contributed by atoms with Crippen molar-refractivity contribution in [2.24, 2.45) is 5.92 Å². The third kappa shape index (κ3) is 4.83. The van der Waals surface area contributed by atoms with Gasteiger partial charge in [-0.15, -0.1) is 0 Å². The van der Waals surface area contributed by atoms with Gasteiger partial charge in [0.2, 0.25) is 5.91 Å². The monoisotopic (exact) mass is 424 g/mol. The fourth-order valence-electron chi connectivity index (χ4n) is 3.37. The number of fused-ring (bicyclic) bond motifs is 1. The van der Waals surface area contributed by atoms with Crippen LogP contribution in [-0.2, 0) is 24.3 Å². The summed E-state index contributed by atoms with van der Waals surface area (Å²) in [6, 6.07) is 16.2. The number of furan rings is 1. The minimum Gasteiger partial charge on any atom is -0.492 e. The second kappa shape index (κ2) is 9.05. The van der Waals surface area contributed by atoms with Gasteiger partial charge in [0, 0.05) is 17.1 Å². The number of benzene rings is 2. The lowest BCUT2D eigenvalue weighted by molar-refractivity contribution is -0.126. The quantitative estimate of drug-likeness (QED) is 0.631. The lowest BCUT2D eigenvalue weighted by Gasteiger charge is -2.24. The number of hydrogen-bond acceptors (Lipinski definition) is 4. The van der Waals surface area contributed by atoms with Crippen LogP contribution in [0.3, 0.4) is 0 Å². The van der Waals surface area contributed by atoms with Crippen LogP contribution >= 0.6 is 11.6 Å². The molecule has 7 heteroatoms. The predicted octanol–water partition coefficient (Wildman–Crippen LogP) is 3.73. The highest BCUT2D eigenvalue weighted by molar-refractivity contribution is 6.30. The molecule has 1 aliphatic heterocycles. The Morgan fingerprint density at radius 2 is 1.93 bits per heavy atom. The lowest BCUT2D eigenvalue weighted by Crippen LogP contribution is -2.37. The van der Waals surface area contributed by atoms with Crippen molar-refractivity contribution in [3.63, 3.8) is 0 Å². The lowest BCUT2D eigenvalue weighted by atomic mass is 9.96. The van der Waals surface area contributed by atoms with Crippen LogP contribution in [0.2, 0.25) is 5.02 Å². The van der Waals surface area contributed by atoms with Crippen molar-refractivity contribution < 1.29 is 18.7 Å². The maximum Gasteiger partial charge on any atom is 0.251 e. The molecule has 1 unspecified atom stereocenters. The van der Waals surface area contributed by atoms with Crippen molar-refractivity contribution in [2.75, 3.05) is 6.61 Å². The van der Waals surface area contributed by atoms with Crippen LogP contribution in [0.4, 0.5) is 0 Å². The highest BCUT2D eigenvalue weighted by Gasteiger charge is 2.26. The molecular weight excluding hydrogens is 404 g/mol. The van der Waals surface area contributed by atoms with E-state index in [9.17, 15) is 9.59 Å². The molecule has 1 atom stereocenters. The Labute approximate surface area is 179 Å². The van der Waals surface area contributed by atoms with E-state index in [1.165, 1.54) is 0 Å². The summed E-state index contributed by atoms with van der Waals surface area (Å²) in [7, 11) is 0. The maximum absolute atomic E-state index is 12.6. The second-order valence-electron chi connectivity index (χ2n) is 7.14. The molecule has 4 rings (SSSR count). The SMILES string of the molecule is O=C(NCc1ccco1)c1cccc(CNC(=O)C2COc3ccc(Cl)cc3C2)c1. The predicted molar refractivity (Wildman–Crippen MR) is 112 cm³/mol. The number of halogens is 1. The average molecular weight is 425 g/mol. The summed E-state index contributed by atoms with van der Waals surface area (Å²) in [5.74, 6) is 0.888. The van der Waals surface area contributed by atoms with Gasteiger partial charge in [0.05, 0.1) is 18.7 Å². The van der Waals surface area contributed by atoms with Crippen molar-refractivity contribution in [1.29, 1.82) is 0 Å². The number of amides is 2. The first kappa shape index (κ1) is 20.0. The van der Waals surface area contributed by atoms with Gasteiger partial charge in [0.1, 0.15) is 18.1 Å². The highest BCUT2D eigenvalue weighted by Crippen LogP contribution is 2.29. The molecular formula is C23H21ClN2O4. The molecule has 2 N–H and O–H groups in total. The van der Waals surface area contributed by atoms with Crippen LogP contribution in [-0.4, -0.2) is 18.4 Å². The average Bonchev–Trinajstić information content (AvgIpc) is 3.29. The van der Waals surface area contributed by atoms with Crippen molar-refractivity contribution in [2.45, 2.75) is 19.5 Å². The summed E-state index contributed by atoms with van der Waals surface area (Å²) in [4.78, 5) is 25.0. The van der Waals surface area contributed by atoms with Crippen molar-refractivity contribution in [3.05, 3.63) is 88.3 Å². The summed E-state index contributed by atoms with van der Waals surface area (Å²) in [6.07, 6.45) is 2.15. The molecule has 0 spiro atoms. The van der Waals surface area contributed by atoms with Gasteiger partial charge < -0.3 is 19.8 Å². The number of rotatable bonds is 6. The molecule has 2 aromatic carbocycles. The molecule has 2 amide bonds. The highest BCUT2D eigenvalue weighted by atomic mass is 35.5. The number of carbonyl (C=O) groups is 2. The van der Waals surface area contributed by atoms with E-state index in [4.69, 9.17) is 20.8 Å². The van der Waals surface area contributed by atoms with Crippen molar-refractivity contribution in [1.82, 2.24) is 10.6 Å². The van der Waals surface area contributed by atoms with E-state index < -0.39 is 0 Å². The van der Waals surface area contributed by atoms with Crippen LogP contribution < -0.4 is 15.4 Å². The van der Waals surface area contributed by atoms with E-state index in [1.54, 1.807) is 42.7 Å². The van der Waals surface area contributed by atoms with Gasteiger partial charge in [-0.05, 0) is 60.0 Å². The molecule has 6 nitrogen and oxygen atoms in total. The first-order chi connectivity index (χ1) is 14.6. The third-order valence-corrected chi connectivity index (χ3v) is 5.19. The third-order valence-electron chi connectivity index (χ3n) is 4.96. The number of nitrogens with one attached hydrogen (secondary N) is 2. The van der Waals surface area contributed by atoms with E-state index in [-0.39, 0.29) is 17.7 Å². The van der Waals surface area contributed by atoms with E-state index in [1.807, 2.05) is 18.2 Å². The molecule has 30 heavy (non-hydrogen) atoms. The number of carbonyl (C=O) groups excluding carboxylic acids is 2. The smallest absolute Gasteiger partial charge is 0.251 e. The van der Waals surface area contributed by atoms with E-state index in [0.717, 1.165) is 16.9 Å². The maximum atomic E-state index is 12.6. The molecule has 1 aromatic heterocycles. The Morgan fingerprint density at radius 1 is 1.03 bits per heavy atom. The Bertz CT molecular complexity index is 1050. The number of hydrogen-bond donors (Lipinski definition) is 2. The topological polar surface area (TPSA) is 80.6 Å². The normalized spacial score (nSPS) is 15.0. The van der Waals surface area contributed by atoms with Gasteiger partial charge in [-0.1, -0.05) is 23.7 Å². The molecule has 154 valence electrons. The molecule has 3 aromatic rings. The molecule has 0 aliphatic carbocycles. The van der Waals surface area contributed by atoms with Gasteiger partial charge in [-0.3, -0.25) is 9.59 Å². The zero-order chi connectivity index (χ0) is 20.9. The Hall–Kier alpha value is -3.25. The minimum absolute atomic E-state index is 0.0895. The molecule has 1 aliphatic rings. The van der Waals surface area contributed by atoms with Crippen molar-refractivity contribution >= 4 is 23.4 Å². The standard InChI is InChI=1S/C23H21ClN2O4/c24-19-6-7-21-17(11-19)10-18(14-30-21)23(28)25-12-15-3-1-4-16(9-15)22(27)26-13-20-5-2-8-29-20/h1-9,11,18H,10,12-14H2,(H,25,28)(H,26,27). The van der Waals surface area contributed by atoms with E-state index in [0.29, 0.717) is 42.5 Å². The van der Waals surface area contributed by atoms with E-state index >= 15 is 0 Å². The first-order valence-electron chi connectivity index (χ1n) is 9.67. The first-order valence-corrected chi connectivity index (χ1v) is 10.0. The van der Waals surface area contributed by atoms with Gasteiger partial charge in [0.15, 0.2) is 0 Å². The van der Waals surface area contributed by atoms with Crippen LogP contribution in [0.1, 0.15) is 27.2 Å². The molecule has 0 radical (unpaired) electrons. The summed E-state index contributed by atoms with van der Waals surface area (Å²) < 4.78 is 10.9. The summed E-state index contributed by atoms with van der Waals surface area (Å²) >= 11 is 6.04. The van der Waals surface area contributed by atoms with Gasteiger partial charge in [-0.2, -0.15) is 0 Å². The summed E-state index contributed by atoms with van der Waals surface area (Å²) in [5, 5.41) is 6.37. The van der Waals surface area contributed by atoms with Gasteiger partial charge in [0.25, 0.3) is 5.91 Å². The Balaban J connectivity index is 1.32. The molecule has 0 saturated heterocycles. The van der Waals surface area contributed by atoms with Crippen LogP contribution in [0.15, 0.2) is 65.3 Å². The largest absolute Gasteiger partial charge is 0.492 e. The van der Waals surface area contributed by atoms with Crippen LogP contribution in [0.25, 0.3) is 0 Å². The van der Waals surface area contributed by atoms with Gasteiger partial charge in [-0.25, -0.2) is 0 Å². The van der Waals surface area contributed by atoms with Crippen molar-refractivity contribution in [3.8, 4) is 5.75 Å². The zero-order valence-corrected chi connectivity index (χ0v) is 16.9. The summed E-state index contributed by atoms with van der Waals surface area (Å²) in [5.41, 5.74) is 2.30. The minimum atomic E-state index is -0.282. The molecule has 0 fully saturated rings. The Morgan fingerprint density at radius 3 is 2.77 bits per heavy atom. The number of ether oxygens (including phenoxy) is 1. The van der Waals surface area contributed by atoms with Crippen LogP contribution in [0.5, 0.6) is 5.75 Å². The zero-order valence-electron chi connectivity index (χ0n) is 16.2. The summed E-state index contributed by atoms with van der Waals surface area (Å²) in [6.45, 7) is 0.979. The fourth-order valence-corrected chi connectivity index (χ4v) is 3.56. The molecule has 0 bridgehead atoms. The van der Waals surface area contributed by atoms with Crippen LogP contribution in [0, 0.1) is 5.92 Å².